The minimum Gasteiger partial charge on any atom is -0.461 e. The molecule has 1 aliphatic rings. The molecule has 0 unspecified atom stereocenters. The predicted octanol–water partition coefficient (Wildman–Crippen LogP) is 2.94. The maximum atomic E-state index is 13.7. The Hall–Kier alpha value is -2.76. The molecule has 0 aliphatic heterocycles. The van der Waals surface area contributed by atoms with Gasteiger partial charge in [-0.1, -0.05) is 24.3 Å². The summed E-state index contributed by atoms with van der Waals surface area (Å²) in [5.74, 6) is -0.854. The van der Waals surface area contributed by atoms with Gasteiger partial charge in [0.25, 0.3) is 0 Å². The van der Waals surface area contributed by atoms with Gasteiger partial charge >= 0.3 is 5.97 Å². The van der Waals surface area contributed by atoms with Crippen molar-refractivity contribution < 1.29 is 13.9 Å². The summed E-state index contributed by atoms with van der Waals surface area (Å²) in [6.07, 6.45) is 0.641. The number of halogens is 1. The normalized spacial score (nSPS) is 19.7. The van der Waals surface area contributed by atoms with Crippen LogP contribution in [0.2, 0.25) is 0 Å². The van der Waals surface area contributed by atoms with Gasteiger partial charge in [-0.15, -0.1) is 0 Å². The van der Waals surface area contributed by atoms with Crippen LogP contribution in [-0.2, 0) is 16.1 Å². The van der Waals surface area contributed by atoms with Gasteiger partial charge in [-0.2, -0.15) is 15.4 Å². The molecule has 0 spiro atoms. The predicted molar refractivity (Wildman–Crippen MR) is 80.9 cm³/mol. The van der Waals surface area contributed by atoms with Gasteiger partial charge in [-0.05, 0) is 35.7 Å². The zero-order chi connectivity index (χ0) is 15.8. The molecule has 0 radical (unpaired) electrons. The second-order valence-corrected chi connectivity index (χ2v) is 5.72. The molecule has 3 aromatic rings. The van der Waals surface area contributed by atoms with E-state index in [-0.39, 0.29) is 30.2 Å². The van der Waals surface area contributed by atoms with Gasteiger partial charge in [0.1, 0.15) is 23.5 Å². The fourth-order valence-electron chi connectivity index (χ4n) is 2.81. The van der Waals surface area contributed by atoms with Gasteiger partial charge in [0.2, 0.25) is 0 Å². The molecule has 4 rings (SSSR count). The number of carbonyl (C=O) groups is 1. The first-order valence-electron chi connectivity index (χ1n) is 7.43. The van der Waals surface area contributed by atoms with Crippen LogP contribution in [0.3, 0.4) is 0 Å². The Balaban J connectivity index is 1.38. The Morgan fingerprint density at radius 1 is 1.22 bits per heavy atom. The molecule has 1 heterocycles. The summed E-state index contributed by atoms with van der Waals surface area (Å²) in [4.78, 5) is 12.1. The summed E-state index contributed by atoms with van der Waals surface area (Å²) in [5, 5.41) is 10.5. The van der Waals surface area contributed by atoms with Crippen LogP contribution in [-0.4, -0.2) is 21.4 Å². The molecule has 0 saturated heterocycles. The number of hydrogen-bond donors (Lipinski definition) is 1. The van der Waals surface area contributed by atoms with Gasteiger partial charge in [-0.25, -0.2) is 4.39 Å². The van der Waals surface area contributed by atoms with Crippen molar-refractivity contribution in [2.75, 3.05) is 0 Å². The van der Waals surface area contributed by atoms with Gasteiger partial charge in [0, 0.05) is 5.92 Å². The number of aromatic nitrogens is 3. The van der Waals surface area contributed by atoms with Crippen LogP contribution in [0.4, 0.5) is 4.39 Å². The molecule has 1 saturated carbocycles. The van der Waals surface area contributed by atoms with Crippen molar-refractivity contribution >= 4 is 17.0 Å². The van der Waals surface area contributed by atoms with Crippen molar-refractivity contribution in [3.63, 3.8) is 0 Å². The maximum Gasteiger partial charge on any atom is 0.309 e. The van der Waals surface area contributed by atoms with Crippen molar-refractivity contribution in [3.8, 4) is 0 Å². The second kappa shape index (κ2) is 5.46. The quantitative estimate of drug-likeness (QED) is 0.752. The van der Waals surface area contributed by atoms with Crippen LogP contribution in [0, 0.1) is 11.7 Å². The van der Waals surface area contributed by atoms with E-state index in [1.165, 1.54) is 6.07 Å². The molecule has 116 valence electrons. The van der Waals surface area contributed by atoms with E-state index in [9.17, 15) is 9.18 Å². The standard InChI is InChI=1S/C17H14FN3O2/c18-14-4-2-1-3-11(14)12-8-13(12)17(22)23-9-10-5-6-15-16(7-10)20-21-19-15/h1-7,12-13H,8-9H2,(H,19,20,21)/t12-,13+/m1/s1. The average Bonchev–Trinajstić information content (AvgIpc) is 3.22. The van der Waals surface area contributed by atoms with E-state index >= 15 is 0 Å². The largest absolute Gasteiger partial charge is 0.461 e. The Bertz CT molecular complexity index is 877. The minimum atomic E-state index is -0.279. The van der Waals surface area contributed by atoms with Crippen molar-refractivity contribution in [1.82, 2.24) is 15.4 Å². The molecule has 1 aliphatic carbocycles. The monoisotopic (exact) mass is 311 g/mol. The van der Waals surface area contributed by atoms with Crippen LogP contribution >= 0.6 is 0 Å². The smallest absolute Gasteiger partial charge is 0.309 e. The lowest BCUT2D eigenvalue weighted by Crippen LogP contribution is -2.08. The molecule has 1 fully saturated rings. The minimum absolute atomic E-state index is 0.0679. The lowest BCUT2D eigenvalue weighted by molar-refractivity contribution is -0.146. The number of nitrogens with zero attached hydrogens (tertiary/aromatic N) is 2. The zero-order valence-corrected chi connectivity index (χ0v) is 12.2. The molecule has 0 amide bonds. The van der Waals surface area contributed by atoms with Gasteiger partial charge in [0.05, 0.1) is 5.92 Å². The van der Waals surface area contributed by atoms with Gasteiger partial charge < -0.3 is 4.74 Å². The molecular formula is C17H14FN3O2. The van der Waals surface area contributed by atoms with Crippen molar-refractivity contribution in [1.29, 1.82) is 0 Å². The molecule has 2 atom stereocenters. The second-order valence-electron chi connectivity index (χ2n) is 5.72. The molecular weight excluding hydrogens is 297 g/mol. The van der Waals surface area contributed by atoms with E-state index in [0.717, 1.165) is 16.6 Å². The molecule has 23 heavy (non-hydrogen) atoms. The van der Waals surface area contributed by atoms with Gasteiger partial charge in [0.15, 0.2) is 0 Å². The number of H-pyrrole nitrogens is 1. The zero-order valence-electron chi connectivity index (χ0n) is 12.2. The molecule has 1 N–H and O–H groups in total. The number of fused-ring (bicyclic) bond motifs is 1. The summed E-state index contributed by atoms with van der Waals surface area (Å²) >= 11 is 0. The van der Waals surface area contributed by atoms with Crippen LogP contribution in [0.1, 0.15) is 23.5 Å². The van der Waals surface area contributed by atoms with E-state index in [0.29, 0.717) is 12.0 Å². The highest BCUT2D eigenvalue weighted by Crippen LogP contribution is 2.48. The Morgan fingerprint density at radius 3 is 2.91 bits per heavy atom. The summed E-state index contributed by atoms with van der Waals surface area (Å²) in [7, 11) is 0. The van der Waals surface area contributed by atoms with E-state index in [1.54, 1.807) is 18.2 Å². The third-order valence-electron chi connectivity index (χ3n) is 4.16. The van der Waals surface area contributed by atoms with Crippen LogP contribution in [0.15, 0.2) is 42.5 Å². The number of carbonyl (C=O) groups excluding carboxylic acids is 1. The Labute approximate surface area is 131 Å². The Kier molecular flexibility index (Phi) is 3.29. The molecule has 1 aromatic heterocycles. The highest BCUT2D eigenvalue weighted by Gasteiger charge is 2.46. The fourth-order valence-corrected chi connectivity index (χ4v) is 2.81. The van der Waals surface area contributed by atoms with E-state index in [2.05, 4.69) is 15.4 Å². The van der Waals surface area contributed by atoms with E-state index in [4.69, 9.17) is 4.74 Å². The molecule has 2 aromatic carbocycles. The number of esters is 1. The first kappa shape index (κ1) is 13.9. The summed E-state index contributed by atoms with van der Waals surface area (Å²) < 4.78 is 19.1. The number of hydrogen-bond acceptors (Lipinski definition) is 4. The first-order valence-corrected chi connectivity index (χ1v) is 7.43. The third-order valence-corrected chi connectivity index (χ3v) is 4.16. The van der Waals surface area contributed by atoms with Gasteiger partial charge in [-0.3, -0.25) is 4.79 Å². The molecule has 6 heteroatoms. The molecule has 5 nitrogen and oxygen atoms in total. The number of nitrogens with one attached hydrogen (secondary N) is 1. The summed E-state index contributed by atoms with van der Waals surface area (Å²) in [6, 6.07) is 12.1. The first-order chi connectivity index (χ1) is 11.2. The van der Waals surface area contributed by atoms with Crippen LogP contribution in [0.25, 0.3) is 11.0 Å². The molecule has 0 bridgehead atoms. The van der Waals surface area contributed by atoms with Crippen LogP contribution in [0.5, 0.6) is 0 Å². The average molecular weight is 311 g/mol. The number of aromatic amines is 1. The topological polar surface area (TPSA) is 67.9 Å². The highest BCUT2D eigenvalue weighted by molar-refractivity contribution is 5.78. The lowest BCUT2D eigenvalue weighted by atomic mass is 10.1. The van der Waals surface area contributed by atoms with Crippen LogP contribution < -0.4 is 0 Å². The van der Waals surface area contributed by atoms with Crippen molar-refractivity contribution in [3.05, 3.63) is 59.4 Å². The fraction of sp³-hybridized carbons (Fsp3) is 0.235. The third kappa shape index (κ3) is 2.67. The SMILES string of the molecule is O=C(OCc1ccc2n[nH]nc2c1)[C@H]1C[C@@H]1c1ccccc1F. The van der Waals surface area contributed by atoms with E-state index < -0.39 is 0 Å². The van der Waals surface area contributed by atoms with Crippen molar-refractivity contribution in [2.24, 2.45) is 5.92 Å². The van der Waals surface area contributed by atoms with E-state index in [1.807, 2.05) is 18.2 Å². The summed E-state index contributed by atoms with van der Waals surface area (Å²) in [6.45, 7) is 0.183. The maximum absolute atomic E-state index is 13.7. The highest BCUT2D eigenvalue weighted by atomic mass is 19.1. The number of rotatable bonds is 4. The number of benzene rings is 2. The Morgan fingerprint density at radius 2 is 2.04 bits per heavy atom. The lowest BCUT2D eigenvalue weighted by Gasteiger charge is -2.05. The van der Waals surface area contributed by atoms with Crippen molar-refractivity contribution in [2.45, 2.75) is 18.9 Å². The summed E-state index contributed by atoms with van der Waals surface area (Å²) in [5.41, 5.74) is 2.94. The number of ether oxygens (including phenoxy) is 1.